The Hall–Kier alpha value is -1.60. The summed E-state index contributed by atoms with van der Waals surface area (Å²) in [6.45, 7) is 9.26. The van der Waals surface area contributed by atoms with Crippen LogP contribution < -0.4 is 0 Å². The van der Waals surface area contributed by atoms with Gasteiger partial charge in [0.05, 0.1) is 11.1 Å². The minimum Gasteiger partial charge on any atom is -0.335 e. The number of amides is 1. The van der Waals surface area contributed by atoms with Gasteiger partial charge in [-0.25, -0.2) is 0 Å². The number of hydrogen-bond donors (Lipinski definition) is 0. The largest absolute Gasteiger partial charge is 0.417 e. The van der Waals surface area contributed by atoms with Crippen LogP contribution in [0.1, 0.15) is 29.8 Å². The molecule has 0 N–H and O–H groups in total. The molecule has 0 bridgehead atoms. The number of likely N-dealkylation sites (tertiary alicyclic amines) is 1. The summed E-state index contributed by atoms with van der Waals surface area (Å²) in [6.07, 6.45) is -4.51. The van der Waals surface area contributed by atoms with Gasteiger partial charge in [-0.3, -0.25) is 14.6 Å². The summed E-state index contributed by atoms with van der Waals surface area (Å²) in [7, 11) is 0. The molecule has 0 aromatic heterocycles. The fourth-order valence-corrected chi connectivity index (χ4v) is 3.56. The van der Waals surface area contributed by atoms with Gasteiger partial charge in [0.2, 0.25) is 0 Å². The van der Waals surface area contributed by atoms with Crippen molar-refractivity contribution in [3.8, 4) is 0 Å². The molecule has 25 heavy (non-hydrogen) atoms. The van der Waals surface area contributed by atoms with Crippen molar-refractivity contribution in [3.63, 3.8) is 0 Å². The van der Waals surface area contributed by atoms with E-state index in [4.69, 9.17) is 0 Å². The third kappa shape index (κ3) is 3.82. The zero-order valence-corrected chi connectivity index (χ0v) is 14.6. The topological polar surface area (TPSA) is 26.8 Å². The van der Waals surface area contributed by atoms with Crippen molar-refractivity contribution < 1.29 is 18.0 Å². The summed E-state index contributed by atoms with van der Waals surface area (Å²) in [6, 6.07) is 5.81. The van der Waals surface area contributed by atoms with Crippen LogP contribution in [0.2, 0.25) is 0 Å². The Morgan fingerprint density at radius 3 is 2.24 bits per heavy atom. The molecule has 2 fully saturated rings. The number of carbonyl (C=O) groups is 1. The minimum atomic E-state index is -4.51. The molecule has 4 nitrogen and oxygen atoms in total. The number of piperazine rings is 1. The van der Waals surface area contributed by atoms with E-state index in [1.54, 1.807) is 0 Å². The molecule has 2 saturated heterocycles. The van der Waals surface area contributed by atoms with Gasteiger partial charge in [0.25, 0.3) is 5.91 Å². The Labute approximate surface area is 146 Å². The lowest BCUT2D eigenvalue weighted by Gasteiger charge is -2.48. The molecule has 3 rings (SSSR count). The van der Waals surface area contributed by atoms with E-state index in [9.17, 15) is 18.0 Å². The number of halogens is 3. The van der Waals surface area contributed by atoms with Crippen molar-refractivity contribution in [1.82, 2.24) is 14.7 Å². The Bertz CT molecular complexity index is 618. The van der Waals surface area contributed by atoms with Crippen molar-refractivity contribution in [3.05, 3.63) is 35.4 Å². The molecule has 1 aromatic rings. The zero-order valence-electron chi connectivity index (χ0n) is 14.6. The SMILES string of the molecule is CC(C)N1CCN(C2CN(C(=O)c3ccccc3C(F)(F)F)C2)CC1. The highest BCUT2D eigenvalue weighted by Crippen LogP contribution is 2.33. The van der Waals surface area contributed by atoms with Gasteiger partial charge in [-0.2, -0.15) is 13.2 Å². The van der Waals surface area contributed by atoms with Crippen molar-refractivity contribution >= 4 is 5.91 Å². The summed E-state index contributed by atoms with van der Waals surface area (Å²) in [4.78, 5) is 18.7. The van der Waals surface area contributed by atoms with Crippen LogP contribution in [-0.2, 0) is 6.18 Å². The van der Waals surface area contributed by atoms with Crippen molar-refractivity contribution in [2.24, 2.45) is 0 Å². The van der Waals surface area contributed by atoms with Crippen LogP contribution in [-0.4, -0.2) is 72.0 Å². The van der Waals surface area contributed by atoms with Gasteiger partial charge in [-0.15, -0.1) is 0 Å². The highest BCUT2D eigenvalue weighted by molar-refractivity contribution is 5.96. The second kappa shape index (κ2) is 6.96. The summed E-state index contributed by atoms with van der Waals surface area (Å²) >= 11 is 0. The second-order valence-electron chi connectivity index (χ2n) is 7.07. The number of hydrogen-bond acceptors (Lipinski definition) is 3. The molecule has 0 radical (unpaired) electrons. The summed E-state index contributed by atoms with van der Waals surface area (Å²) in [5.41, 5.74) is -1.10. The molecule has 1 aromatic carbocycles. The Kier molecular flexibility index (Phi) is 5.06. The highest BCUT2D eigenvalue weighted by Gasteiger charge is 2.40. The molecule has 1 amide bonds. The summed E-state index contributed by atoms with van der Waals surface area (Å²) in [5, 5.41) is 0. The van der Waals surface area contributed by atoms with Gasteiger partial charge in [0.1, 0.15) is 0 Å². The standard InChI is InChI=1S/C18H24F3N3O/c1-13(2)22-7-9-23(10-8-22)14-11-24(12-14)17(25)15-5-3-4-6-16(15)18(19,20)21/h3-6,13-14H,7-12H2,1-2H3. The van der Waals surface area contributed by atoms with Crippen LogP contribution >= 0.6 is 0 Å². The third-order valence-corrected chi connectivity index (χ3v) is 5.21. The molecule has 0 unspecified atom stereocenters. The van der Waals surface area contributed by atoms with Gasteiger partial charge in [-0.1, -0.05) is 12.1 Å². The maximum Gasteiger partial charge on any atom is 0.417 e. The van der Waals surface area contributed by atoms with Gasteiger partial charge in [-0.05, 0) is 26.0 Å². The van der Waals surface area contributed by atoms with Gasteiger partial charge < -0.3 is 4.90 Å². The molecule has 0 saturated carbocycles. The average Bonchev–Trinajstić information content (AvgIpc) is 2.53. The van der Waals surface area contributed by atoms with E-state index in [-0.39, 0.29) is 11.6 Å². The monoisotopic (exact) mass is 355 g/mol. The van der Waals surface area contributed by atoms with Crippen molar-refractivity contribution in [2.45, 2.75) is 32.1 Å². The third-order valence-electron chi connectivity index (χ3n) is 5.21. The van der Waals surface area contributed by atoms with Crippen molar-refractivity contribution in [2.75, 3.05) is 39.3 Å². The molecule has 7 heteroatoms. The quantitative estimate of drug-likeness (QED) is 0.834. The van der Waals surface area contributed by atoms with E-state index in [0.717, 1.165) is 32.2 Å². The predicted molar refractivity (Wildman–Crippen MR) is 89.4 cm³/mol. The number of carbonyl (C=O) groups excluding carboxylic acids is 1. The van der Waals surface area contributed by atoms with Crippen LogP contribution in [0.4, 0.5) is 13.2 Å². The molecule has 138 valence electrons. The van der Waals surface area contributed by atoms with Crippen molar-refractivity contribution in [1.29, 1.82) is 0 Å². The lowest BCUT2D eigenvalue weighted by molar-refractivity contribution is -0.138. The molecular formula is C18H24F3N3O. The molecule has 2 heterocycles. The van der Waals surface area contributed by atoms with E-state index in [0.29, 0.717) is 19.1 Å². The van der Waals surface area contributed by atoms with E-state index in [1.807, 2.05) is 0 Å². The van der Waals surface area contributed by atoms with Crippen LogP contribution in [0.5, 0.6) is 0 Å². The first-order valence-electron chi connectivity index (χ1n) is 8.71. The lowest BCUT2D eigenvalue weighted by Crippen LogP contribution is -2.64. The van der Waals surface area contributed by atoms with Gasteiger partial charge in [0, 0.05) is 51.4 Å². The van der Waals surface area contributed by atoms with E-state index in [2.05, 4.69) is 23.6 Å². The molecule has 0 spiro atoms. The highest BCUT2D eigenvalue weighted by atomic mass is 19.4. The zero-order chi connectivity index (χ0) is 18.2. The predicted octanol–water partition coefficient (Wildman–Crippen LogP) is 2.56. The lowest BCUT2D eigenvalue weighted by atomic mass is 10.0. The number of rotatable bonds is 3. The average molecular weight is 355 g/mol. The van der Waals surface area contributed by atoms with Crippen LogP contribution in [0.25, 0.3) is 0 Å². The summed E-state index contributed by atoms with van der Waals surface area (Å²) < 4.78 is 39.2. The molecule has 0 atom stereocenters. The van der Waals surface area contributed by atoms with E-state index >= 15 is 0 Å². The fourth-order valence-electron chi connectivity index (χ4n) is 3.56. The van der Waals surface area contributed by atoms with Gasteiger partial charge in [0.15, 0.2) is 0 Å². The first kappa shape index (κ1) is 18.2. The second-order valence-corrected chi connectivity index (χ2v) is 7.07. The Balaban J connectivity index is 1.58. The summed E-state index contributed by atoms with van der Waals surface area (Å²) in [5.74, 6) is -0.523. The van der Waals surface area contributed by atoms with E-state index in [1.165, 1.54) is 23.1 Å². The van der Waals surface area contributed by atoms with Crippen LogP contribution in [0.3, 0.4) is 0 Å². The van der Waals surface area contributed by atoms with E-state index < -0.39 is 17.6 Å². The molecular weight excluding hydrogens is 331 g/mol. The maximum absolute atomic E-state index is 13.1. The Morgan fingerprint density at radius 1 is 1.08 bits per heavy atom. The normalized spacial score (nSPS) is 20.8. The van der Waals surface area contributed by atoms with Gasteiger partial charge >= 0.3 is 6.18 Å². The first-order chi connectivity index (χ1) is 11.8. The first-order valence-corrected chi connectivity index (χ1v) is 8.71. The smallest absolute Gasteiger partial charge is 0.335 e. The Morgan fingerprint density at radius 2 is 1.68 bits per heavy atom. The number of alkyl halides is 3. The fraction of sp³-hybridized carbons (Fsp3) is 0.611. The molecule has 2 aliphatic rings. The number of benzene rings is 1. The maximum atomic E-state index is 13.1. The molecule has 2 aliphatic heterocycles. The molecule has 0 aliphatic carbocycles. The number of nitrogens with zero attached hydrogens (tertiary/aromatic N) is 3. The van der Waals surface area contributed by atoms with Crippen LogP contribution in [0.15, 0.2) is 24.3 Å². The minimum absolute atomic E-state index is 0.252. The van der Waals surface area contributed by atoms with Crippen LogP contribution in [0, 0.1) is 0 Å².